The van der Waals surface area contributed by atoms with Crippen LogP contribution in [0.15, 0.2) is 18.2 Å². The molecule has 0 spiro atoms. The third-order valence-electron chi connectivity index (χ3n) is 8.53. The summed E-state index contributed by atoms with van der Waals surface area (Å²) in [7, 11) is 0. The first-order valence-electron chi connectivity index (χ1n) is 10.9. The van der Waals surface area contributed by atoms with Gasteiger partial charge < -0.3 is 19.7 Å². The van der Waals surface area contributed by atoms with Gasteiger partial charge >= 0.3 is 5.97 Å². The van der Waals surface area contributed by atoms with E-state index in [4.69, 9.17) is 9.47 Å². The van der Waals surface area contributed by atoms with Gasteiger partial charge in [-0.1, -0.05) is 26.8 Å². The molecule has 1 aromatic rings. The Kier molecular flexibility index (Phi) is 4.98. The summed E-state index contributed by atoms with van der Waals surface area (Å²) in [5.74, 6) is 1.33. The average Bonchev–Trinajstić information content (AvgIpc) is 2.65. The fourth-order valence-corrected chi connectivity index (χ4v) is 6.23. The molecule has 5 heteroatoms. The fraction of sp³-hybridized carbons (Fsp3) is 0.708. The van der Waals surface area contributed by atoms with Crippen LogP contribution in [0.2, 0.25) is 0 Å². The molecule has 0 bridgehead atoms. The van der Waals surface area contributed by atoms with E-state index in [1.807, 2.05) is 19.1 Å². The molecule has 0 radical (unpaired) electrons. The predicted molar refractivity (Wildman–Crippen MR) is 110 cm³/mol. The highest BCUT2D eigenvalue weighted by molar-refractivity contribution is 5.75. The summed E-state index contributed by atoms with van der Waals surface area (Å²) in [4.78, 5) is 11.6. The van der Waals surface area contributed by atoms with E-state index in [0.717, 1.165) is 31.2 Å². The van der Waals surface area contributed by atoms with Gasteiger partial charge in [0.05, 0.1) is 24.7 Å². The van der Waals surface area contributed by atoms with Crippen molar-refractivity contribution in [3.8, 4) is 11.5 Å². The van der Waals surface area contributed by atoms with Crippen LogP contribution in [-0.4, -0.2) is 34.5 Å². The summed E-state index contributed by atoms with van der Waals surface area (Å²) in [5.41, 5.74) is -0.313. The summed E-state index contributed by atoms with van der Waals surface area (Å²) in [5, 5.41) is 22.2. The van der Waals surface area contributed by atoms with Crippen molar-refractivity contribution < 1.29 is 24.5 Å². The van der Waals surface area contributed by atoms with E-state index in [1.54, 1.807) is 6.07 Å². The van der Waals surface area contributed by atoms with Gasteiger partial charge in [0.1, 0.15) is 11.5 Å². The highest BCUT2D eigenvalue weighted by Crippen LogP contribution is 2.62. The molecule has 1 aromatic carbocycles. The van der Waals surface area contributed by atoms with Crippen LogP contribution in [0.4, 0.5) is 0 Å². The number of fused-ring (bicyclic) bond motifs is 2. The molecule has 0 saturated heterocycles. The molecule has 2 fully saturated rings. The minimum absolute atomic E-state index is 0.00776. The van der Waals surface area contributed by atoms with Crippen LogP contribution < -0.4 is 9.47 Å². The Morgan fingerprint density at radius 1 is 1.14 bits per heavy atom. The maximum Gasteiger partial charge on any atom is 0.311 e. The Balaban J connectivity index is 1.49. The Labute approximate surface area is 173 Å². The Hall–Kier alpha value is -1.59. The molecule has 2 saturated carbocycles. The quantitative estimate of drug-likeness (QED) is 0.593. The molecule has 1 aliphatic heterocycles. The van der Waals surface area contributed by atoms with Gasteiger partial charge in [0.15, 0.2) is 0 Å². The van der Waals surface area contributed by atoms with Gasteiger partial charge in [-0.05, 0) is 67.4 Å². The third kappa shape index (κ3) is 3.27. The normalized spacial score (nSPS) is 38.6. The number of aryl methyl sites for hydroxylation is 1. The van der Waals surface area contributed by atoms with E-state index in [-0.39, 0.29) is 34.7 Å². The van der Waals surface area contributed by atoms with E-state index >= 15 is 0 Å². The summed E-state index contributed by atoms with van der Waals surface area (Å²) < 4.78 is 11.4. The molecule has 5 atom stereocenters. The third-order valence-corrected chi connectivity index (χ3v) is 8.53. The fourth-order valence-electron chi connectivity index (χ4n) is 6.23. The van der Waals surface area contributed by atoms with Gasteiger partial charge in [0.2, 0.25) is 0 Å². The maximum absolute atomic E-state index is 11.7. The van der Waals surface area contributed by atoms with Gasteiger partial charge in [-0.2, -0.15) is 0 Å². The maximum atomic E-state index is 11.7. The molecule has 160 valence electrons. The number of ether oxygens (including phenoxy) is 2. The molecule has 3 aliphatic rings. The highest BCUT2D eigenvalue weighted by atomic mass is 16.5. The largest absolute Gasteiger partial charge is 0.493 e. The topological polar surface area (TPSA) is 76.0 Å². The molecule has 1 heterocycles. The number of benzene rings is 1. The van der Waals surface area contributed by atoms with Crippen molar-refractivity contribution in [2.45, 2.75) is 77.9 Å². The van der Waals surface area contributed by atoms with Crippen molar-refractivity contribution >= 4 is 5.97 Å². The van der Waals surface area contributed by atoms with E-state index in [0.29, 0.717) is 30.9 Å². The first kappa shape index (κ1) is 20.7. The highest BCUT2D eigenvalue weighted by Gasteiger charge is 2.62. The molecule has 5 nitrogen and oxygen atoms in total. The Morgan fingerprint density at radius 2 is 1.90 bits per heavy atom. The summed E-state index contributed by atoms with van der Waals surface area (Å²) >= 11 is 0. The molecular weight excluding hydrogens is 368 g/mol. The summed E-state index contributed by atoms with van der Waals surface area (Å²) in [6.45, 7) is 8.85. The van der Waals surface area contributed by atoms with Crippen LogP contribution in [0, 0.1) is 22.7 Å². The van der Waals surface area contributed by atoms with E-state index < -0.39 is 5.60 Å². The van der Waals surface area contributed by atoms with Crippen molar-refractivity contribution in [1.82, 2.24) is 0 Å². The second kappa shape index (κ2) is 6.98. The van der Waals surface area contributed by atoms with Gasteiger partial charge in [0.25, 0.3) is 0 Å². The van der Waals surface area contributed by atoms with Gasteiger partial charge in [-0.15, -0.1) is 0 Å². The van der Waals surface area contributed by atoms with Crippen LogP contribution in [-0.2, 0) is 11.2 Å². The number of esters is 1. The number of hydrogen-bond donors (Lipinski definition) is 2. The SMILES string of the molecule is CC1(C)[C@@H](O)CC[C@@]2(C)[C@H]1CC[C@@H](COc1ccc3c(c1)OC(=O)CC3)[C@]2(C)O. The van der Waals surface area contributed by atoms with Crippen LogP contribution in [0.3, 0.4) is 0 Å². The lowest BCUT2D eigenvalue weighted by atomic mass is 9.44. The van der Waals surface area contributed by atoms with Crippen LogP contribution in [0.25, 0.3) is 0 Å². The van der Waals surface area contributed by atoms with Crippen molar-refractivity contribution in [3.05, 3.63) is 23.8 Å². The number of hydrogen-bond acceptors (Lipinski definition) is 5. The van der Waals surface area contributed by atoms with E-state index in [9.17, 15) is 15.0 Å². The molecule has 2 aliphatic carbocycles. The van der Waals surface area contributed by atoms with Crippen molar-refractivity contribution in [2.24, 2.45) is 22.7 Å². The molecule has 0 unspecified atom stereocenters. The van der Waals surface area contributed by atoms with Crippen molar-refractivity contribution in [3.63, 3.8) is 0 Å². The Morgan fingerprint density at radius 3 is 2.66 bits per heavy atom. The predicted octanol–water partition coefficient (Wildman–Crippen LogP) is 3.88. The number of aliphatic hydroxyl groups excluding tert-OH is 1. The van der Waals surface area contributed by atoms with E-state index in [2.05, 4.69) is 20.8 Å². The first-order valence-corrected chi connectivity index (χ1v) is 10.9. The molecule has 0 aromatic heterocycles. The van der Waals surface area contributed by atoms with Gasteiger partial charge in [-0.25, -0.2) is 0 Å². The monoisotopic (exact) mass is 402 g/mol. The van der Waals surface area contributed by atoms with Crippen LogP contribution in [0.5, 0.6) is 11.5 Å². The van der Waals surface area contributed by atoms with Crippen molar-refractivity contribution in [2.75, 3.05) is 6.61 Å². The minimum atomic E-state index is -0.881. The smallest absolute Gasteiger partial charge is 0.311 e. The zero-order chi connectivity index (χ0) is 21.0. The second-order valence-electron chi connectivity index (χ2n) is 10.3. The summed E-state index contributed by atoms with van der Waals surface area (Å²) in [6.07, 6.45) is 4.19. The van der Waals surface area contributed by atoms with Crippen LogP contribution >= 0.6 is 0 Å². The average molecular weight is 403 g/mol. The van der Waals surface area contributed by atoms with Crippen molar-refractivity contribution in [1.29, 1.82) is 0 Å². The minimum Gasteiger partial charge on any atom is -0.493 e. The number of carbonyl (C=O) groups is 1. The first-order chi connectivity index (χ1) is 13.6. The number of aliphatic hydroxyl groups is 2. The molecule has 2 N–H and O–H groups in total. The standard InChI is InChI=1S/C24H34O5/c1-22(2)19-9-7-16(24(4,27)23(19,3)12-11-20(22)25)14-28-17-8-5-15-6-10-21(26)29-18(15)13-17/h5,8,13,16,19-20,25,27H,6-7,9-12,14H2,1-4H3/t16-,19-,20-,23-,24-/m0/s1. The second-order valence-corrected chi connectivity index (χ2v) is 10.3. The van der Waals surface area contributed by atoms with Crippen LogP contribution in [0.1, 0.15) is 65.4 Å². The molecule has 29 heavy (non-hydrogen) atoms. The molecular formula is C24H34O5. The lowest BCUT2D eigenvalue weighted by molar-refractivity contribution is -0.227. The lowest BCUT2D eigenvalue weighted by Gasteiger charge is -2.63. The molecule has 4 rings (SSSR count). The number of carbonyl (C=O) groups excluding carboxylic acids is 1. The zero-order valence-electron chi connectivity index (χ0n) is 18.0. The lowest BCUT2D eigenvalue weighted by Crippen LogP contribution is -2.64. The van der Waals surface area contributed by atoms with Gasteiger partial charge in [0, 0.05) is 12.0 Å². The van der Waals surface area contributed by atoms with E-state index in [1.165, 1.54) is 0 Å². The Bertz CT molecular complexity index is 798. The zero-order valence-corrected chi connectivity index (χ0v) is 18.0. The summed E-state index contributed by atoms with van der Waals surface area (Å²) in [6, 6.07) is 5.66. The van der Waals surface area contributed by atoms with Gasteiger partial charge in [-0.3, -0.25) is 4.79 Å². The number of rotatable bonds is 3. The molecule has 0 amide bonds.